The highest BCUT2D eigenvalue weighted by molar-refractivity contribution is 9.11. The molecule has 0 saturated carbocycles. The van der Waals surface area contributed by atoms with Crippen LogP contribution in [0.15, 0.2) is 47.1 Å². The number of allylic oxidation sites excluding steroid dienone is 5. The van der Waals surface area contributed by atoms with Crippen molar-refractivity contribution >= 4 is 45.3 Å². The van der Waals surface area contributed by atoms with Gasteiger partial charge < -0.3 is 0 Å². The molecule has 1 unspecified atom stereocenters. The van der Waals surface area contributed by atoms with Crippen LogP contribution in [0.2, 0.25) is 5.02 Å². The summed E-state index contributed by atoms with van der Waals surface area (Å²) in [6.07, 6.45) is 11.3. The fourth-order valence-corrected chi connectivity index (χ4v) is 2.22. The number of nitrogens with zero attached hydrogens (tertiary/aromatic N) is 1. The van der Waals surface area contributed by atoms with E-state index in [1.807, 2.05) is 18.2 Å². The van der Waals surface area contributed by atoms with E-state index in [1.165, 1.54) is 6.08 Å². The standard InChI is InChI=1S/C14H12BrClN2O/c15-11-3-1-10(2-4-11)13(19)7-8-18-9-12(16)5-6-14(18)17/h1,3-10,17H,2H2/p+1/b8-7+. The molecular weight excluding hydrogens is 328 g/mol. The molecule has 1 aromatic rings. The number of nitrogen functional groups attached to an aromatic ring is 1. The highest BCUT2D eigenvalue weighted by Gasteiger charge is 2.14. The minimum absolute atomic E-state index is 0.0411. The van der Waals surface area contributed by atoms with Gasteiger partial charge in [0.2, 0.25) is 0 Å². The second-order valence-electron chi connectivity index (χ2n) is 4.19. The van der Waals surface area contributed by atoms with Crippen molar-refractivity contribution in [2.24, 2.45) is 5.92 Å². The van der Waals surface area contributed by atoms with E-state index < -0.39 is 0 Å². The first kappa shape index (κ1) is 14.0. The summed E-state index contributed by atoms with van der Waals surface area (Å²) >= 11 is 9.25. The highest BCUT2D eigenvalue weighted by atomic mass is 79.9. The number of halogens is 2. The third kappa shape index (κ3) is 3.78. The van der Waals surface area contributed by atoms with Gasteiger partial charge in [-0.2, -0.15) is 0 Å². The summed E-state index contributed by atoms with van der Waals surface area (Å²) in [5, 5.41) is 0.565. The van der Waals surface area contributed by atoms with Crippen molar-refractivity contribution in [2.75, 3.05) is 5.73 Å². The van der Waals surface area contributed by atoms with Gasteiger partial charge in [-0.3, -0.25) is 10.5 Å². The number of ketones is 1. The largest absolute Gasteiger partial charge is 0.294 e. The van der Waals surface area contributed by atoms with Crippen molar-refractivity contribution in [1.29, 1.82) is 0 Å². The van der Waals surface area contributed by atoms with Crippen LogP contribution in [0.5, 0.6) is 0 Å². The Morgan fingerprint density at radius 1 is 1.53 bits per heavy atom. The van der Waals surface area contributed by atoms with Gasteiger partial charge in [-0.1, -0.05) is 45.8 Å². The lowest BCUT2D eigenvalue weighted by Crippen LogP contribution is -2.30. The number of hydrogen-bond acceptors (Lipinski definition) is 2. The summed E-state index contributed by atoms with van der Waals surface area (Å²) in [6, 6.07) is 3.40. The van der Waals surface area contributed by atoms with Crippen molar-refractivity contribution in [3.05, 3.63) is 52.1 Å². The Morgan fingerprint density at radius 3 is 3.00 bits per heavy atom. The minimum Gasteiger partial charge on any atom is -0.294 e. The molecule has 0 radical (unpaired) electrons. The maximum absolute atomic E-state index is 12.0. The minimum atomic E-state index is -0.112. The molecule has 0 fully saturated rings. The van der Waals surface area contributed by atoms with E-state index >= 15 is 0 Å². The molecule has 3 nitrogen and oxygen atoms in total. The van der Waals surface area contributed by atoms with E-state index in [4.69, 9.17) is 17.3 Å². The monoisotopic (exact) mass is 339 g/mol. The molecule has 19 heavy (non-hydrogen) atoms. The summed E-state index contributed by atoms with van der Waals surface area (Å²) in [5.41, 5.74) is 5.78. The van der Waals surface area contributed by atoms with E-state index in [2.05, 4.69) is 15.9 Å². The number of nitrogens with two attached hydrogens (primary N) is 1. The van der Waals surface area contributed by atoms with Crippen LogP contribution in [-0.4, -0.2) is 5.78 Å². The molecule has 0 aromatic carbocycles. The molecule has 2 rings (SSSR count). The molecule has 0 bridgehead atoms. The van der Waals surface area contributed by atoms with Gasteiger partial charge in [0.05, 0.1) is 11.2 Å². The summed E-state index contributed by atoms with van der Waals surface area (Å²) in [5.74, 6) is 0.452. The number of pyridine rings is 1. The second-order valence-corrected chi connectivity index (χ2v) is 5.54. The molecule has 1 aliphatic carbocycles. The first-order valence-electron chi connectivity index (χ1n) is 5.78. The maximum Gasteiger partial charge on any atom is 0.277 e. The number of hydrogen-bond donors (Lipinski definition) is 1. The summed E-state index contributed by atoms with van der Waals surface area (Å²) < 4.78 is 2.63. The van der Waals surface area contributed by atoms with Crippen LogP contribution in [0.25, 0.3) is 6.20 Å². The quantitative estimate of drug-likeness (QED) is 0.679. The van der Waals surface area contributed by atoms with Crippen LogP contribution in [0.4, 0.5) is 5.82 Å². The maximum atomic E-state index is 12.0. The molecule has 2 N–H and O–H groups in total. The number of carbonyl (C=O) groups is 1. The summed E-state index contributed by atoms with van der Waals surface area (Å²) in [7, 11) is 0. The van der Waals surface area contributed by atoms with E-state index in [0.717, 1.165) is 4.48 Å². The lowest BCUT2D eigenvalue weighted by Gasteiger charge is -2.10. The average molecular weight is 341 g/mol. The van der Waals surface area contributed by atoms with Crippen molar-refractivity contribution in [3.63, 3.8) is 0 Å². The Hall–Kier alpha value is -1.39. The lowest BCUT2D eigenvalue weighted by molar-refractivity contribution is -0.552. The van der Waals surface area contributed by atoms with Gasteiger partial charge in [0, 0.05) is 22.5 Å². The number of aromatic nitrogens is 1. The molecule has 1 atom stereocenters. The average Bonchev–Trinajstić information content (AvgIpc) is 2.40. The first-order chi connectivity index (χ1) is 9.06. The number of carbonyl (C=O) groups excluding carboxylic acids is 1. The van der Waals surface area contributed by atoms with Gasteiger partial charge in [0.15, 0.2) is 5.78 Å². The van der Waals surface area contributed by atoms with E-state index in [0.29, 0.717) is 17.3 Å². The van der Waals surface area contributed by atoms with Gasteiger partial charge in [0.1, 0.15) is 6.20 Å². The second kappa shape index (κ2) is 6.17. The molecule has 0 spiro atoms. The van der Waals surface area contributed by atoms with Crippen LogP contribution < -0.4 is 10.3 Å². The highest BCUT2D eigenvalue weighted by Crippen LogP contribution is 2.21. The van der Waals surface area contributed by atoms with Crippen molar-refractivity contribution in [2.45, 2.75) is 6.42 Å². The number of rotatable bonds is 3. The molecule has 98 valence electrons. The van der Waals surface area contributed by atoms with Crippen molar-refractivity contribution in [3.8, 4) is 0 Å². The Morgan fingerprint density at radius 2 is 2.32 bits per heavy atom. The normalized spacial score (nSPS) is 18.6. The zero-order chi connectivity index (χ0) is 13.8. The van der Waals surface area contributed by atoms with Crippen LogP contribution in [0.3, 0.4) is 0 Å². The Labute approximate surface area is 125 Å². The molecule has 1 aromatic heterocycles. The molecule has 0 saturated heterocycles. The number of anilines is 1. The Balaban J connectivity index is 2.09. The van der Waals surface area contributed by atoms with E-state index in [9.17, 15) is 4.79 Å². The van der Waals surface area contributed by atoms with Crippen LogP contribution in [0.1, 0.15) is 6.42 Å². The van der Waals surface area contributed by atoms with Gasteiger partial charge >= 0.3 is 0 Å². The predicted octanol–water partition coefficient (Wildman–Crippen LogP) is 3.10. The fraction of sp³-hybridized carbons (Fsp3) is 0.143. The Bertz CT molecular complexity index is 593. The summed E-state index contributed by atoms with van der Waals surface area (Å²) in [6.45, 7) is 0. The topological polar surface area (TPSA) is 47.0 Å². The predicted molar refractivity (Wildman–Crippen MR) is 80.7 cm³/mol. The summed E-state index contributed by atoms with van der Waals surface area (Å²) in [4.78, 5) is 12.0. The first-order valence-corrected chi connectivity index (χ1v) is 6.95. The van der Waals surface area contributed by atoms with Crippen LogP contribution >= 0.6 is 27.5 Å². The molecule has 0 amide bonds. The molecule has 5 heteroatoms. The zero-order valence-corrected chi connectivity index (χ0v) is 12.4. The van der Waals surface area contributed by atoms with Gasteiger partial charge in [0.25, 0.3) is 5.82 Å². The lowest BCUT2D eigenvalue weighted by atomic mass is 9.96. The van der Waals surface area contributed by atoms with Crippen LogP contribution in [0, 0.1) is 5.92 Å². The van der Waals surface area contributed by atoms with Gasteiger partial charge in [-0.25, -0.2) is 4.57 Å². The smallest absolute Gasteiger partial charge is 0.277 e. The molecule has 1 aliphatic rings. The third-order valence-electron chi connectivity index (χ3n) is 2.79. The van der Waals surface area contributed by atoms with Gasteiger partial charge in [-0.05, 0) is 12.5 Å². The zero-order valence-electron chi connectivity index (χ0n) is 10.1. The van der Waals surface area contributed by atoms with Crippen molar-refractivity contribution < 1.29 is 9.36 Å². The van der Waals surface area contributed by atoms with E-state index in [-0.39, 0.29) is 11.7 Å². The third-order valence-corrected chi connectivity index (χ3v) is 3.60. The van der Waals surface area contributed by atoms with E-state index in [1.54, 1.807) is 29.1 Å². The SMILES string of the molecule is Nc1ccc(Cl)c[n+]1/C=C/C(=O)C1C=CC(Br)=CC1. The molecule has 0 aliphatic heterocycles. The van der Waals surface area contributed by atoms with Crippen molar-refractivity contribution in [1.82, 2.24) is 0 Å². The van der Waals surface area contributed by atoms with Crippen LogP contribution in [-0.2, 0) is 4.79 Å². The Kier molecular flexibility index (Phi) is 4.56. The molecular formula is C14H13BrClN2O+. The fourth-order valence-electron chi connectivity index (χ4n) is 1.71. The molecule has 1 heterocycles. The van der Waals surface area contributed by atoms with Gasteiger partial charge in [-0.15, -0.1) is 0 Å².